The Balaban J connectivity index is 1.89. The van der Waals surface area contributed by atoms with E-state index >= 15 is 0 Å². The normalized spacial score (nSPS) is 10.7. The van der Waals surface area contributed by atoms with E-state index in [0.717, 1.165) is 22.5 Å². The molecular weight excluding hydrogens is 253 g/mol. The van der Waals surface area contributed by atoms with E-state index in [-0.39, 0.29) is 17.8 Å². The van der Waals surface area contributed by atoms with Crippen LogP contribution < -0.4 is 0 Å². The summed E-state index contributed by atoms with van der Waals surface area (Å²) in [6, 6.07) is 15.2. The first-order chi connectivity index (χ1) is 9.74. The molecule has 1 aromatic heterocycles. The molecule has 1 heterocycles. The highest BCUT2D eigenvalue weighted by Crippen LogP contribution is 2.17. The molecule has 0 N–H and O–H groups in total. The average molecular weight is 265 g/mol. The number of pyridine rings is 1. The Kier molecular flexibility index (Phi) is 3.25. The van der Waals surface area contributed by atoms with E-state index in [2.05, 4.69) is 4.98 Å². The van der Waals surface area contributed by atoms with E-state index in [4.69, 9.17) is 0 Å². The maximum Gasteiger partial charge on any atom is 0.170 e. The number of benzene rings is 2. The van der Waals surface area contributed by atoms with Crippen LogP contribution in [0.5, 0.6) is 0 Å². The Hall–Kier alpha value is -2.55. The molecule has 0 unspecified atom stereocenters. The van der Waals surface area contributed by atoms with Crippen LogP contribution >= 0.6 is 0 Å². The average Bonchev–Trinajstić information content (AvgIpc) is 2.47. The van der Waals surface area contributed by atoms with Gasteiger partial charge in [-0.05, 0) is 22.4 Å². The highest BCUT2D eigenvalue weighted by molar-refractivity contribution is 5.98. The van der Waals surface area contributed by atoms with Gasteiger partial charge in [0.1, 0.15) is 0 Å². The summed E-state index contributed by atoms with van der Waals surface area (Å²) in [7, 11) is 0. The van der Waals surface area contributed by atoms with Gasteiger partial charge in [0.2, 0.25) is 0 Å². The summed E-state index contributed by atoms with van der Waals surface area (Å²) in [5.41, 5.74) is 0.970. The van der Waals surface area contributed by atoms with Crippen molar-refractivity contribution in [3.8, 4) is 0 Å². The lowest BCUT2D eigenvalue weighted by molar-refractivity contribution is 0.0989. The molecule has 0 aliphatic carbocycles. The third kappa shape index (κ3) is 2.43. The van der Waals surface area contributed by atoms with Crippen molar-refractivity contribution in [2.75, 3.05) is 0 Å². The second-order valence-corrected chi connectivity index (χ2v) is 4.64. The Labute approximate surface area is 115 Å². The lowest BCUT2D eigenvalue weighted by Crippen LogP contribution is -2.06. The summed E-state index contributed by atoms with van der Waals surface area (Å²) >= 11 is 0. The van der Waals surface area contributed by atoms with Gasteiger partial charge in [-0.25, -0.2) is 4.39 Å². The molecule has 0 saturated heterocycles. The van der Waals surface area contributed by atoms with Crippen LogP contribution in [-0.2, 0) is 6.42 Å². The maximum absolute atomic E-state index is 13.5. The monoisotopic (exact) mass is 265 g/mol. The van der Waals surface area contributed by atoms with Crippen molar-refractivity contribution in [3.63, 3.8) is 0 Å². The number of hydrogen-bond acceptors (Lipinski definition) is 2. The molecule has 0 bridgehead atoms. The largest absolute Gasteiger partial charge is 0.294 e. The van der Waals surface area contributed by atoms with Crippen molar-refractivity contribution in [1.29, 1.82) is 0 Å². The van der Waals surface area contributed by atoms with Gasteiger partial charge in [-0.1, -0.05) is 42.5 Å². The summed E-state index contributed by atoms with van der Waals surface area (Å²) in [5, 5.41) is 2.20. The number of carbonyl (C=O) groups excluding carboxylic acids is 1. The number of rotatable bonds is 3. The van der Waals surface area contributed by atoms with Gasteiger partial charge in [0.25, 0.3) is 0 Å². The highest BCUT2D eigenvalue weighted by atomic mass is 19.1. The first-order valence-electron chi connectivity index (χ1n) is 6.34. The number of halogens is 1. The molecule has 0 saturated carbocycles. The molecule has 3 heteroatoms. The second kappa shape index (κ2) is 5.21. The van der Waals surface area contributed by atoms with Crippen LogP contribution in [0.15, 0.2) is 60.9 Å². The van der Waals surface area contributed by atoms with Gasteiger partial charge in [0.05, 0.1) is 11.8 Å². The van der Waals surface area contributed by atoms with Crippen LogP contribution in [0.4, 0.5) is 4.39 Å². The highest BCUT2D eigenvalue weighted by Gasteiger charge is 2.12. The van der Waals surface area contributed by atoms with Gasteiger partial charge in [0, 0.05) is 12.6 Å². The molecule has 0 radical (unpaired) electrons. The predicted molar refractivity (Wildman–Crippen MR) is 76.2 cm³/mol. The number of fused-ring (bicyclic) bond motifs is 1. The van der Waals surface area contributed by atoms with Crippen LogP contribution in [0.3, 0.4) is 0 Å². The van der Waals surface area contributed by atoms with Crippen molar-refractivity contribution < 1.29 is 9.18 Å². The Bertz CT molecular complexity index is 783. The van der Waals surface area contributed by atoms with Gasteiger partial charge < -0.3 is 0 Å². The Morgan fingerprint density at radius 1 is 1.05 bits per heavy atom. The molecule has 98 valence electrons. The van der Waals surface area contributed by atoms with Crippen molar-refractivity contribution in [2.45, 2.75) is 6.42 Å². The van der Waals surface area contributed by atoms with Gasteiger partial charge in [-0.3, -0.25) is 9.78 Å². The van der Waals surface area contributed by atoms with Gasteiger partial charge in [-0.15, -0.1) is 0 Å². The summed E-state index contributed by atoms with van der Waals surface area (Å²) < 4.78 is 13.5. The Morgan fingerprint density at radius 3 is 2.65 bits per heavy atom. The number of Topliss-reactive ketones (excluding diaryl/α,β-unsaturated/α-hetero) is 1. The van der Waals surface area contributed by atoms with Crippen molar-refractivity contribution in [2.24, 2.45) is 0 Å². The zero-order valence-corrected chi connectivity index (χ0v) is 10.7. The quantitative estimate of drug-likeness (QED) is 0.674. The van der Waals surface area contributed by atoms with E-state index in [1.54, 1.807) is 0 Å². The molecule has 0 fully saturated rings. The molecule has 0 amide bonds. The fourth-order valence-electron chi connectivity index (χ4n) is 2.23. The lowest BCUT2D eigenvalue weighted by atomic mass is 10.0. The third-order valence-corrected chi connectivity index (χ3v) is 3.25. The minimum atomic E-state index is -0.571. The van der Waals surface area contributed by atoms with Crippen LogP contribution in [0.1, 0.15) is 15.9 Å². The standard InChI is InChI=1S/C17H12FNO/c18-16-11-19-8-7-15(16)17(20)10-12-5-6-13-3-1-2-4-14(13)9-12/h1-9,11H,10H2. The van der Waals surface area contributed by atoms with Crippen LogP contribution in [0.25, 0.3) is 10.8 Å². The Morgan fingerprint density at radius 2 is 1.85 bits per heavy atom. The summed E-state index contributed by atoms with van der Waals surface area (Å²) in [4.78, 5) is 15.8. The summed E-state index contributed by atoms with van der Waals surface area (Å²) in [6.45, 7) is 0. The molecule has 2 aromatic carbocycles. The smallest absolute Gasteiger partial charge is 0.170 e. The zero-order valence-electron chi connectivity index (χ0n) is 10.7. The van der Waals surface area contributed by atoms with Crippen LogP contribution in [0, 0.1) is 5.82 Å². The molecule has 20 heavy (non-hydrogen) atoms. The van der Waals surface area contributed by atoms with Crippen molar-refractivity contribution in [3.05, 3.63) is 77.9 Å². The fourth-order valence-corrected chi connectivity index (χ4v) is 2.23. The molecule has 2 nitrogen and oxygen atoms in total. The molecule has 0 aliphatic rings. The zero-order chi connectivity index (χ0) is 13.9. The number of nitrogens with zero attached hydrogens (tertiary/aromatic N) is 1. The van der Waals surface area contributed by atoms with Gasteiger partial charge in [-0.2, -0.15) is 0 Å². The molecular formula is C17H12FNO. The number of aromatic nitrogens is 1. The van der Waals surface area contributed by atoms with Gasteiger partial charge in [0.15, 0.2) is 11.6 Å². The minimum Gasteiger partial charge on any atom is -0.294 e. The lowest BCUT2D eigenvalue weighted by Gasteiger charge is -2.04. The molecule has 0 atom stereocenters. The predicted octanol–water partition coefficient (Wildman–Crippen LogP) is 3.80. The minimum absolute atomic E-state index is 0.0909. The van der Waals surface area contributed by atoms with E-state index in [9.17, 15) is 9.18 Å². The van der Waals surface area contributed by atoms with E-state index in [1.165, 1.54) is 12.3 Å². The van der Waals surface area contributed by atoms with Crippen LogP contribution in [-0.4, -0.2) is 10.8 Å². The number of carbonyl (C=O) groups is 1. The van der Waals surface area contributed by atoms with E-state index < -0.39 is 5.82 Å². The molecule has 0 spiro atoms. The maximum atomic E-state index is 13.5. The van der Waals surface area contributed by atoms with Crippen LogP contribution in [0.2, 0.25) is 0 Å². The molecule has 0 aliphatic heterocycles. The SMILES string of the molecule is O=C(Cc1ccc2ccccc2c1)c1ccncc1F. The number of hydrogen-bond donors (Lipinski definition) is 0. The van der Waals surface area contributed by atoms with E-state index in [0.29, 0.717) is 0 Å². The van der Waals surface area contributed by atoms with Crippen molar-refractivity contribution in [1.82, 2.24) is 4.98 Å². The molecule has 3 rings (SSSR count). The first kappa shape index (κ1) is 12.5. The van der Waals surface area contributed by atoms with Gasteiger partial charge >= 0.3 is 0 Å². The third-order valence-electron chi connectivity index (χ3n) is 3.25. The number of ketones is 1. The summed E-state index contributed by atoms with van der Waals surface area (Å²) in [5.74, 6) is -0.807. The van der Waals surface area contributed by atoms with E-state index in [1.807, 2.05) is 42.5 Å². The summed E-state index contributed by atoms with van der Waals surface area (Å²) in [6.07, 6.45) is 2.68. The fraction of sp³-hybridized carbons (Fsp3) is 0.0588. The first-order valence-corrected chi connectivity index (χ1v) is 6.34. The second-order valence-electron chi connectivity index (χ2n) is 4.64. The molecule has 3 aromatic rings. The topological polar surface area (TPSA) is 30.0 Å². The van der Waals surface area contributed by atoms with Crippen molar-refractivity contribution >= 4 is 16.6 Å².